The van der Waals surface area contributed by atoms with Gasteiger partial charge in [-0.1, -0.05) is 42.5 Å². The maximum atomic E-state index is 12.0. The maximum Gasteiger partial charge on any atom is 0.244 e. The molecule has 23 heavy (non-hydrogen) atoms. The molecule has 0 aliphatic rings. The quantitative estimate of drug-likeness (QED) is 0.479. The van der Waals surface area contributed by atoms with Gasteiger partial charge in [0.1, 0.15) is 5.76 Å². The zero-order valence-corrected chi connectivity index (χ0v) is 15.1. The lowest BCUT2D eigenvalue weighted by Crippen LogP contribution is -2.19. The Hall–Kier alpha value is -1.92. The molecule has 3 aromatic rings. The molecular weight excluding hydrogens is 424 g/mol. The molecule has 0 unspecified atom stereocenters. The maximum absolute atomic E-state index is 12.0. The first-order valence-corrected chi connectivity index (χ1v) is 8.45. The van der Waals surface area contributed by atoms with Crippen molar-refractivity contribution in [3.63, 3.8) is 0 Å². The molecule has 0 atom stereocenters. The van der Waals surface area contributed by atoms with E-state index in [4.69, 9.17) is 4.42 Å². The van der Waals surface area contributed by atoms with Crippen molar-refractivity contribution in [2.45, 2.75) is 6.42 Å². The monoisotopic (exact) mass is 434 g/mol. The Morgan fingerprint density at radius 1 is 1.17 bits per heavy atom. The van der Waals surface area contributed by atoms with Gasteiger partial charge in [0.05, 0.1) is 17.1 Å². The molecule has 3 rings (SSSR count). The van der Waals surface area contributed by atoms with Crippen LogP contribution in [0.25, 0.3) is 10.8 Å². The molecule has 116 valence electrons. The Morgan fingerprint density at radius 3 is 2.74 bits per heavy atom. The SMILES string of the molecule is O=C(Cc1cccc2ccccc12)NN=Cc1cc(Br)c(Br)o1. The van der Waals surface area contributed by atoms with Crippen molar-refractivity contribution >= 4 is 54.8 Å². The van der Waals surface area contributed by atoms with Crippen LogP contribution in [0.15, 0.2) is 67.2 Å². The lowest BCUT2D eigenvalue weighted by atomic mass is 10.0. The van der Waals surface area contributed by atoms with E-state index < -0.39 is 0 Å². The Morgan fingerprint density at radius 2 is 1.96 bits per heavy atom. The molecule has 0 saturated heterocycles. The molecule has 6 heteroatoms. The average molecular weight is 436 g/mol. The number of fused-ring (bicyclic) bond motifs is 1. The van der Waals surface area contributed by atoms with E-state index in [9.17, 15) is 4.79 Å². The van der Waals surface area contributed by atoms with Crippen LogP contribution in [0.4, 0.5) is 0 Å². The van der Waals surface area contributed by atoms with Crippen molar-refractivity contribution in [3.8, 4) is 0 Å². The van der Waals surface area contributed by atoms with Crippen LogP contribution in [0.3, 0.4) is 0 Å². The third kappa shape index (κ3) is 3.89. The summed E-state index contributed by atoms with van der Waals surface area (Å²) in [5.74, 6) is 0.358. The predicted molar refractivity (Wildman–Crippen MR) is 97.5 cm³/mol. The number of hydrazone groups is 1. The molecule has 1 N–H and O–H groups in total. The molecule has 0 aliphatic heterocycles. The van der Waals surface area contributed by atoms with Crippen LogP contribution in [-0.4, -0.2) is 12.1 Å². The molecule has 1 aromatic heterocycles. The summed E-state index contributed by atoms with van der Waals surface area (Å²) < 4.78 is 6.72. The topological polar surface area (TPSA) is 54.6 Å². The molecule has 2 aromatic carbocycles. The van der Waals surface area contributed by atoms with Crippen molar-refractivity contribution in [2.75, 3.05) is 0 Å². The summed E-state index contributed by atoms with van der Waals surface area (Å²) in [5.41, 5.74) is 3.48. The summed E-state index contributed by atoms with van der Waals surface area (Å²) >= 11 is 6.56. The molecule has 0 aliphatic carbocycles. The summed E-state index contributed by atoms with van der Waals surface area (Å²) in [7, 11) is 0. The van der Waals surface area contributed by atoms with Crippen LogP contribution in [-0.2, 0) is 11.2 Å². The standard InChI is InChI=1S/C17H12Br2N2O2/c18-15-9-13(23-17(15)19)10-20-21-16(22)8-12-6-3-5-11-4-1-2-7-14(11)12/h1-7,9-10H,8H2,(H,21,22). The lowest BCUT2D eigenvalue weighted by molar-refractivity contribution is -0.120. The molecular formula is C17H12Br2N2O2. The zero-order chi connectivity index (χ0) is 16.2. The molecule has 4 nitrogen and oxygen atoms in total. The van der Waals surface area contributed by atoms with Gasteiger partial charge in [-0.25, -0.2) is 5.43 Å². The third-order valence-corrected chi connectivity index (χ3v) is 4.99. The summed E-state index contributed by atoms with van der Waals surface area (Å²) in [4.78, 5) is 12.0. The second-order valence-electron chi connectivity index (χ2n) is 4.88. The van der Waals surface area contributed by atoms with Crippen molar-refractivity contribution in [3.05, 3.63) is 69.0 Å². The molecule has 0 bridgehead atoms. The van der Waals surface area contributed by atoms with Crippen molar-refractivity contribution in [2.24, 2.45) is 5.10 Å². The van der Waals surface area contributed by atoms with Crippen LogP contribution in [0.2, 0.25) is 0 Å². The number of halogens is 2. The minimum absolute atomic E-state index is 0.178. The fourth-order valence-corrected chi connectivity index (χ4v) is 2.86. The number of nitrogens with zero attached hydrogens (tertiary/aromatic N) is 1. The number of carbonyl (C=O) groups is 1. The molecule has 0 fully saturated rings. The fourth-order valence-electron chi connectivity index (χ4n) is 2.25. The zero-order valence-electron chi connectivity index (χ0n) is 11.9. The Labute approximate surface area is 149 Å². The lowest BCUT2D eigenvalue weighted by Gasteiger charge is -2.05. The highest BCUT2D eigenvalue weighted by atomic mass is 79.9. The van der Waals surface area contributed by atoms with Gasteiger partial charge in [0, 0.05) is 6.07 Å². The van der Waals surface area contributed by atoms with E-state index in [2.05, 4.69) is 42.4 Å². The number of nitrogens with one attached hydrogen (secondary N) is 1. The van der Waals surface area contributed by atoms with Gasteiger partial charge in [-0.15, -0.1) is 0 Å². The van der Waals surface area contributed by atoms with Crippen LogP contribution in [0, 0.1) is 0 Å². The minimum Gasteiger partial charge on any atom is -0.447 e. The summed E-state index contributed by atoms with van der Waals surface area (Å²) in [6.07, 6.45) is 1.72. The number of hydrogen-bond donors (Lipinski definition) is 1. The highest BCUT2D eigenvalue weighted by Crippen LogP contribution is 2.25. The van der Waals surface area contributed by atoms with Gasteiger partial charge in [0.15, 0.2) is 4.67 Å². The highest BCUT2D eigenvalue weighted by Gasteiger charge is 2.07. The second kappa shape index (κ2) is 7.10. The van der Waals surface area contributed by atoms with Gasteiger partial charge in [0.25, 0.3) is 0 Å². The first-order valence-electron chi connectivity index (χ1n) is 6.87. The Kier molecular flexibility index (Phi) is 4.93. The average Bonchev–Trinajstić information content (AvgIpc) is 2.86. The van der Waals surface area contributed by atoms with E-state index in [0.29, 0.717) is 10.4 Å². The minimum atomic E-state index is -0.178. The third-order valence-electron chi connectivity index (χ3n) is 3.28. The summed E-state index contributed by atoms with van der Waals surface area (Å²) in [6, 6.07) is 15.7. The molecule has 1 amide bonds. The normalized spacial score (nSPS) is 11.2. The number of benzene rings is 2. The van der Waals surface area contributed by atoms with Gasteiger partial charge >= 0.3 is 0 Å². The molecule has 0 spiro atoms. The Bertz CT molecular complexity index is 862. The first kappa shape index (κ1) is 16.0. The smallest absolute Gasteiger partial charge is 0.244 e. The summed E-state index contributed by atoms with van der Waals surface area (Å²) in [5, 5.41) is 6.11. The van der Waals surface area contributed by atoms with Crippen molar-refractivity contribution < 1.29 is 9.21 Å². The molecule has 1 heterocycles. The highest BCUT2D eigenvalue weighted by molar-refractivity contribution is 9.13. The first-order chi connectivity index (χ1) is 11.1. The van der Waals surface area contributed by atoms with Gasteiger partial charge < -0.3 is 4.42 Å². The van der Waals surface area contributed by atoms with E-state index >= 15 is 0 Å². The molecule has 0 saturated carbocycles. The van der Waals surface area contributed by atoms with E-state index in [1.54, 1.807) is 6.07 Å². The van der Waals surface area contributed by atoms with Gasteiger partial charge in [0.2, 0.25) is 5.91 Å². The van der Waals surface area contributed by atoms with E-state index in [1.165, 1.54) is 6.21 Å². The number of rotatable bonds is 4. The van der Waals surface area contributed by atoms with E-state index in [0.717, 1.165) is 20.8 Å². The number of amides is 1. The van der Waals surface area contributed by atoms with Crippen LogP contribution in [0.5, 0.6) is 0 Å². The second-order valence-corrected chi connectivity index (χ2v) is 6.45. The van der Waals surface area contributed by atoms with Crippen LogP contribution in [0.1, 0.15) is 11.3 Å². The fraction of sp³-hybridized carbons (Fsp3) is 0.0588. The van der Waals surface area contributed by atoms with Gasteiger partial charge in [-0.05, 0) is 48.2 Å². The molecule has 0 radical (unpaired) electrons. The van der Waals surface area contributed by atoms with E-state index in [-0.39, 0.29) is 12.3 Å². The number of hydrogen-bond acceptors (Lipinski definition) is 3. The van der Waals surface area contributed by atoms with Gasteiger partial charge in [-0.3, -0.25) is 4.79 Å². The van der Waals surface area contributed by atoms with Crippen LogP contribution < -0.4 is 5.43 Å². The largest absolute Gasteiger partial charge is 0.447 e. The van der Waals surface area contributed by atoms with Crippen molar-refractivity contribution in [1.29, 1.82) is 0 Å². The number of furan rings is 1. The Balaban J connectivity index is 1.67. The van der Waals surface area contributed by atoms with Gasteiger partial charge in [-0.2, -0.15) is 5.10 Å². The van der Waals surface area contributed by atoms with E-state index in [1.807, 2.05) is 42.5 Å². The van der Waals surface area contributed by atoms with Crippen LogP contribution >= 0.6 is 31.9 Å². The number of carbonyl (C=O) groups excluding carboxylic acids is 1. The summed E-state index contributed by atoms with van der Waals surface area (Å²) in [6.45, 7) is 0. The van der Waals surface area contributed by atoms with Crippen molar-refractivity contribution in [1.82, 2.24) is 5.43 Å². The predicted octanol–water partition coefficient (Wildman–Crippen LogP) is 4.65.